The fraction of sp³-hybridized carbons (Fsp3) is 0.118. The van der Waals surface area contributed by atoms with E-state index in [1.54, 1.807) is 12.1 Å². The van der Waals surface area contributed by atoms with E-state index in [4.69, 9.17) is 13.9 Å². The standard InChI is InChI=1S/C17H14O6/c1-21-13-5-3-9(7-12(13)18)11-8-23-17-10(15(11)19)4-6-14(22-2)16(17)20/h3-8,18,20H,1-2H3. The minimum atomic E-state index is -0.325. The fourth-order valence-electron chi connectivity index (χ4n) is 2.39. The minimum absolute atomic E-state index is 0.0517. The molecule has 0 aliphatic carbocycles. The van der Waals surface area contributed by atoms with Crippen LogP contribution in [0.4, 0.5) is 0 Å². The highest BCUT2D eigenvalue weighted by molar-refractivity contribution is 5.88. The molecule has 1 aromatic heterocycles. The Balaban J connectivity index is 2.22. The molecule has 0 aliphatic rings. The summed E-state index contributed by atoms with van der Waals surface area (Å²) in [5.41, 5.74) is 0.471. The van der Waals surface area contributed by atoms with Gasteiger partial charge in [-0.15, -0.1) is 0 Å². The lowest BCUT2D eigenvalue weighted by Crippen LogP contribution is -2.05. The van der Waals surface area contributed by atoms with Gasteiger partial charge in [-0.1, -0.05) is 6.07 Å². The summed E-state index contributed by atoms with van der Waals surface area (Å²) >= 11 is 0. The van der Waals surface area contributed by atoms with Crippen molar-refractivity contribution < 1.29 is 24.1 Å². The van der Waals surface area contributed by atoms with Gasteiger partial charge in [-0.25, -0.2) is 0 Å². The molecule has 0 bridgehead atoms. The van der Waals surface area contributed by atoms with Gasteiger partial charge in [0, 0.05) is 0 Å². The van der Waals surface area contributed by atoms with Crippen LogP contribution in [0.5, 0.6) is 23.0 Å². The first-order chi connectivity index (χ1) is 11.1. The summed E-state index contributed by atoms with van der Waals surface area (Å²) in [6.07, 6.45) is 1.24. The molecule has 23 heavy (non-hydrogen) atoms. The number of benzene rings is 2. The van der Waals surface area contributed by atoms with Crippen molar-refractivity contribution in [3.8, 4) is 34.1 Å². The molecular weight excluding hydrogens is 300 g/mol. The maximum absolute atomic E-state index is 12.6. The molecule has 0 saturated heterocycles. The first kappa shape index (κ1) is 14.8. The second kappa shape index (κ2) is 5.57. The predicted octanol–water partition coefficient (Wildman–Crippen LogP) is 2.89. The lowest BCUT2D eigenvalue weighted by molar-refractivity contribution is 0.371. The molecule has 0 amide bonds. The quantitative estimate of drug-likeness (QED) is 0.772. The Labute approximate surface area is 131 Å². The normalized spacial score (nSPS) is 10.7. The highest BCUT2D eigenvalue weighted by atomic mass is 16.5. The predicted molar refractivity (Wildman–Crippen MR) is 84.4 cm³/mol. The number of rotatable bonds is 3. The minimum Gasteiger partial charge on any atom is -0.504 e. The topological polar surface area (TPSA) is 89.1 Å². The maximum Gasteiger partial charge on any atom is 0.202 e. The molecule has 0 fully saturated rings. The third-order valence-electron chi connectivity index (χ3n) is 3.59. The second-order valence-corrected chi connectivity index (χ2v) is 4.86. The Hall–Kier alpha value is -3.15. The highest BCUT2D eigenvalue weighted by Gasteiger charge is 2.15. The van der Waals surface area contributed by atoms with Crippen LogP contribution in [0.15, 0.2) is 45.8 Å². The molecule has 0 atom stereocenters. The molecule has 2 N–H and O–H groups in total. The van der Waals surface area contributed by atoms with Gasteiger partial charge in [0.2, 0.25) is 11.2 Å². The summed E-state index contributed by atoms with van der Waals surface area (Å²) in [6.45, 7) is 0. The molecule has 0 radical (unpaired) electrons. The lowest BCUT2D eigenvalue weighted by Gasteiger charge is -2.08. The van der Waals surface area contributed by atoms with Crippen LogP contribution >= 0.6 is 0 Å². The molecule has 0 spiro atoms. The lowest BCUT2D eigenvalue weighted by atomic mass is 10.0. The Kier molecular flexibility index (Phi) is 3.57. The number of hydrogen-bond acceptors (Lipinski definition) is 6. The van der Waals surface area contributed by atoms with Gasteiger partial charge in [0.15, 0.2) is 22.8 Å². The largest absolute Gasteiger partial charge is 0.504 e. The van der Waals surface area contributed by atoms with Gasteiger partial charge in [-0.05, 0) is 29.8 Å². The van der Waals surface area contributed by atoms with Crippen molar-refractivity contribution >= 4 is 11.0 Å². The van der Waals surface area contributed by atoms with E-state index in [2.05, 4.69) is 0 Å². The van der Waals surface area contributed by atoms with Gasteiger partial charge in [0.25, 0.3) is 0 Å². The number of phenols is 2. The van der Waals surface area contributed by atoms with Crippen LogP contribution in [-0.2, 0) is 0 Å². The average Bonchev–Trinajstić information content (AvgIpc) is 2.56. The van der Waals surface area contributed by atoms with Crippen LogP contribution in [0.2, 0.25) is 0 Å². The van der Waals surface area contributed by atoms with Gasteiger partial charge >= 0.3 is 0 Å². The van der Waals surface area contributed by atoms with E-state index >= 15 is 0 Å². The zero-order valence-electron chi connectivity index (χ0n) is 12.5. The summed E-state index contributed by atoms with van der Waals surface area (Å²) in [5.74, 6) is 0.213. The first-order valence-electron chi connectivity index (χ1n) is 6.75. The van der Waals surface area contributed by atoms with Crippen molar-refractivity contribution in [1.82, 2.24) is 0 Å². The smallest absolute Gasteiger partial charge is 0.202 e. The van der Waals surface area contributed by atoms with E-state index in [-0.39, 0.29) is 39.2 Å². The monoisotopic (exact) mass is 314 g/mol. The molecule has 6 nitrogen and oxygen atoms in total. The van der Waals surface area contributed by atoms with E-state index in [9.17, 15) is 15.0 Å². The molecular formula is C17H14O6. The third-order valence-corrected chi connectivity index (χ3v) is 3.59. The molecule has 0 saturated carbocycles. The van der Waals surface area contributed by atoms with Gasteiger partial charge in [-0.3, -0.25) is 4.79 Å². The van der Waals surface area contributed by atoms with Crippen molar-refractivity contribution in [3.63, 3.8) is 0 Å². The van der Waals surface area contributed by atoms with Crippen LogP contribution in [-0.4, -0.2) is 24.4 Å². The van der Waals surface area contributed by atoms with E-state index < -0.39 is 0 Å². The van der Waals surface area contributed by atoms with Crippen molar-refractivity contribution in [2.75, 3.05) is 14.2 Å². The summed E-state index contributed by atoms with van der Waals surface area (Å²) in [6, 6.07) is 7.62. The van der Waals surface area contributed by atoms with Crippen LogP contribution in [0.3, 0.4) is 0 Å². The number of phenolic OH excluding ortho intramolecular Hbond substituents is 2. The van der Waals surface area contributed by atoms with Gasteiger partial charge in [0.05, 0.1) is 25.2 Å². The van der Waals surface area contributed by atoms with Gasteiger partial charge in [-0.2, -0.15) is 0 Å². The van der Waals surface area contributed by atoms with Crippen LogP contribution < -0.4 is 14.9 Å². The van der Waals surface area contributed by atoms with Crippen LogP contribution in [0.1, 0.15) is 0 Å². The maximum atomic E-state index is 12.6. The number of methoxy groups -OCH3 is 2. The molecule has 3 aromatic rings. The number of aromatic hydroxyl groups is 2. The Morgan fingerprint density at radius 2 is 1.70 bits per heavy atom. The SMILES string of the molecule is COc1ccc(-c2coc3c(O)c(OC)ccc3c2=O)cc1O. The van der Waals surface area contributed by atoms with Crippen molar-refractivity contribution in [1.29, 1.82) is 0 Å². The molecule has 0 unspecified atom stereocenters. The molecule has 1 heterocycles. The molecule has 3 rings (SSSR count). The fourth-order valence-corrected chi connectivity index (χ4v) is 2.39. The number of hydrogen-bond donors (Lipinski definition) is 2. The van der Waals surface area contributed by atoms with E-state index in [1.807, 2.05) is 0 Å². The summed E-state index contributed by atoms with van der Waals surface area (Å²) in [4.78, 5) is 12.6. The molecule has 2 aromatic carbocycles. The van der Waals surface area contributed by atoms with E-state index in [0.717, 1.165) is 0 Å². The number of ether oxygens (including phenoxy) is 2. The second-order valence-electron chi connectivity index (χ2n) is 4.86. The Bertz CT molecular complexity index is 942. The van der Waals surface area contributed by atoms with Gasteiger partial charge in [0.1, 0.15) is 6.26 Å². The van der Waals surface area contributed by atoms with Crippen molar-refractivity contribution in [3.05, 3.63) is 46.8 Å². The molecule has 6 heteroatoms. The zero-order chi connectivity index (χ0) is 16.6. The zero-order valence-corrected chi connectivity index (χ0v) is 12.5. The third kappa shape index (κ3) is 2.34. The Morgan fingerprint density at radius 3 is 2.35 bits per heavy atom. The van der Waals surface area contributed by atoms with E-state index in [0.29, 0.717) is 11.3 Å². The van der Waals surface area contributed by atoms with Crippen LogP contribution in [0, 0.1) is 0 Å². The molecule has 118 valence electrons. The number of fused-ring (bicyclic) bond motifs is 1. The summed E-state index contributed by atoms with van der Waals surface area (Å²) in [5, 5.41) is 20.1. The average molecular weight is 314 g/mol. The molecule has 0 aliphatic heterocycles. The van der Waals surface area contributed by atoms with Crippen molar-refractivity contribution in [2.45, 2.75) is 0 Å². The highest BCUT2D eigenvalue weighted by Crippen LogP contribution is 2.35. The first-order valence-corrected chi connectivity index (χ1v) is 6.75. The van der Waals surface area contributed by atoms with E-state index in [1.165, 1.54) is 38.7 Å². The van der Waals surface area contributed by atoms with Crippen molar-refractivity contribution in [2.24, 2.45) is 0 Å². The van der Waals surface area contributed by atoms with Crippen LogP contribution in [0.25, 0.3) is 22.1 Å². The summed E-state index contributed by atoms with van der Waals surface area (Å²) < 4.78 is 15.4. The Morgan fingerprint density at radius 1 is 1.00 bits per heavy atom. The summed E-state index contributed by atoms with van der Waals surface area (Å²) in [7, 11) is 2.85. The van der Waals surface area contributed by atoms with Gasteiger partial charge < -0.3 is 24.1 Å².